The number of hydrogen-bond donors (Lipinski definition) is 0. The van der Waals surface area contributed by atoms with Crippen molar-refractivity contribution >= 4 is 46.0 Å². The van der Waals surface area contributed by atoms with Crippen LogP contribution in [0.4, 0.5) is 27.8 Å². The minimum absolute atomic E-state index is 0.00621. The molecule has 1 aromatic heterocycles. The van der Waals surface area contributed by atoms with Crippen LogP contribution in [-0.2, 0) is 22.3 Å². The number of methoxy groups -OCH3 is 1. The van der Waals surface area contributed by atoms with Gasteiger partial charge >= 0.3 is 11.9 Å². The van der Waals surface area contributed by atoms with Gasteiger partial charge in [0, 0.05) is 66.0 Å². The van der Waals surface area contributed by atoms with Crippen molar-refractivity contribution in [1.82, 2.24) is 14.5 Å². The van der Waals surface area contributed by atoms with Crippen molar-refractivity contribution in [3.8, 4) is 11.1 Å². The summed E-state index contributed by atoms with van der Waals surface area (Å²) in [6.07, 6.45) is -4.36. The molecule has 7 nitrogen and oxygen atoms in total. The highest BCUT2D eigenvalue weighted by Gasteiger charge is 2.40. The van der Waals surface area contributed by atoms with Gasteiger partial charge in [-0.05, 0) is 25.1 Å². The topological polar surface area (TPSA) is 67.7 Å². The third-order valence-corrected chi connectivity index (χ3v) is 8.82. The van der Waals surface area contributed by atoms with E-state index in [9.17, 15) is 27.2 Å². The third kappa shape index (κ3) is 5.19. The highest BCUT2D eigenvalue weighted by atomic mass is 35.5. The first-order valence-corrected chi connectivity index (χ1v) is 13.9. The van der Waals surface area contributed by atoms with Crippen LogP contribution >= 0.6 is 23.4 Å². The Kier molecular flexibility index (Phi) is 7.81. The van der Waals surface area contributed by atoms with E-state index in [2.05, 4.69) is 11.6 Å². The summed E-state index contributed by atoms with van der Waals surface area (Å²) in [6.45, 7) is 5.92. The van der Waals surface area contributed by atoms with Crippen LogP contribution in [0.15, 0.2) is 40.5 Å². The standard InChI is InChI=1S/C27H24ClF5N4O3S/c1-4-21(38)35-5-6-36(13(2)10-35)25-16-7-17(27(31,32)33)22(15-8-18(28)20(30)9-19(15)29)24-23(16)37(26(39)34-25)11-14(40-3)12-41-24/h4,7-9,13-14H,1,5-6,10-12H2,2-3H3. The lowest BCUT2D eigenvalue weighted by Crippen LogP contribution is -2.54. The molecule has 0 spiro atoms. The van der Waals surface area contributed by atoms with Gasteiger partial charge in [0.15, 0.2) is 0 Å². The van der Waals surface area contributed by atoms with Gasteiger partial charge in [0.05, 0.1) is 28.8 Å². The van der Waals surface area contributed by atoms with E-state index in [1.807, 2.05) is 0 Å². The molecule has 2 aromatic carbocycles. The van der Waals surface area contributed by atoms with Gasteiger partial charge in [-0.1, -0.05) is 18.2 Å². The Labute approximate surface area is 240 Å². The molecule has 2 aliphatic heterocycles. The van der Waals surface area contributed by atoms with Crippen molar-refractivity contribution in [1.29, 1.82) is 0 Å². The van der Waals surface area contributed by atoms with E-state index < -0.39 is 57.4 Å². The fourth-order valence-corrected chi connectivity index (χ4v) is 6.78. The van der Waals surface area contributed by atoms with Crippen molar-refractivity contribution in [3.05, 3.63) is 63.6 Å². The van der Waals surface area contributed by atoms with Crippen LogP contribution in [0.25, 0.3) is 22.0 Å². The van der Waals surface area contributed by atoms with Gasteiger partial charge in [-0.15, -0.1) is 11.8 Å². The van der Waals surface area contributed by atoms with Crippen LogP contribution in [0.3, 0.4) is 0 Å². The van der Waals surface area contributed by atoms with Crippen LogP contribution in [0, 0.1) is 11.6 Å². The average molecular weight is 615 g/mol. The second-order valence-electron chi connectivity index (χ2n) is 9.80. The molecule has 218 valence electrons. The van der Waals surface area contributed by atoms with E-state index >= 15 is 4.39 Å². The number of nitrogens with zero attached hydrogens (tertiary/aromatic N) is 4. The van der Waals surface area contributed by atoms with E-state index in [4.69, 9.17) is 16.3 Å². The van der Waals surface area contributed by atoms with Crippen LogP contribution in [-0.4, -0.2) is 65.0 Å². The lowest BCUT2D eigenvalue weighted by atomic mass is 9.95. The molecule has 0 aliphatic carbocycles. The fourth-order valence-electron chi connectivity index (χ4n) is 5.30. The third-order valence-electron chi connectivity index (χ3n) is 7.30. The Hall–Kier alpha value is -3.16. The monoisotopic (exact) mass is 614 g/mol. The summed E-state index contributed by atoms with van der Waals surface area (Å²) in [5.41, 5.74) is -2.88. The maximum absolute atomic E-state index is 15.2. The number of hydrogen-bond acceptors (Lipinski definition) is 6. The van der Waals surface area contributed by atoms with Gasteiger partial charge in [-0.2, -0.15) is 18.2 Å². The number of amides is 1. The van der Waals surface area contributed by atoms with E-state index in [0.717, 1.165) is 23.9 Å². The van der Waals surface area contributed by atoms with Crippen molar-refractivity contribution in [2.75, 3.05) is 37.4 Å². The highest BCUT2D eigenvalue weighted by molar-refractivity contribution is 7.99. The van der Waals surface area contributed by atoms with Crippen LogP contribution in [0.2, 0.25) is 5.02 Å². The smallest absolute Gasteiger partial charge is 0.379 e. The molecule has 0 saturated carbocycles. The van der Waals surface area contributed by atoms with E-state index in [1.54, 1.807) is 16.7 Å². The van der Waals surface area contributed by atoms with E-state index in [1.165, 1.54) is 17.8 Å². The Morgan fingerprint density at radius 2 is 1.93 bits per heavy atom. The average Bonchev–Trinajstić information content (AvgIpc) is 3.12. The molecule has 2 aliphatic rings. The van der Waals surface area contributed by atoms with Gasteiger partial charge in [0.1, 0.15) is 17.5 Å². The van der Waals surface area contributed by atoms with Crippen LogP contribution in [0.5, 0.6) is 0 Å². The number of halogens is 6. The number of rotatable bonds is 4. The molecule has 3 heterocycles. The molecule has 2 atom stereocenters. The summed E-state index contributed by atoms with van der Waals surface area (Å²) in [7, 11) is 1.42. The number of aromatic nitrogens is 2. The maximum Gasteiger partial charge on any atom is 0.417 e. The van der Waals surface area contributed by atoms with Gasteiger partial charge in [0.25, 0.3) is 0 Å². The Balaban J connectivity index is 1.85. The van der Waals surface area contributed by atoms with Gasteiger partial charge in [-0.3, -0.25) is 9.36 Å². The van der Waals surface area contributed by atoms with Crippen molar-refractivity contribution < 1.29 is 31.5 Å². The summed E-state index contributed by atoms with van der Waals surface area (Å²) in [5, 5.41) is -0.521. The SMILES string of the molecule is C=CC(=O)N1CCN(c2nc(=O)n3c4c(c(-c5cc(Cl)c(F)cc5F)c(C(F)(F)F)cc24)SCC(OC)C3)C(C)C1. The molecule has 0 N–H and O–H groups in total. The Morgan fingerprint density at radius 1 is 1.20 bits per heavy atom. The highest BCUT2D eigenvalue weighted by Crippen LogP contribution is 2.49. The largest absolute Gasteiger partial charge is 0.417 e. The first-order valence-electron chi connectivity index (χ1n) is 12.5. The number of ether oxygens (including phenoxy) is 1. The van der Waals surface area contributed by atoms with Gasteiger partial charge in [-0.25, -0.2) is 13.6 Å². The number of anilines is 1. The predicted molar refractivity (Wildman–Crippen MR) is 146 cm³/mol. The molecule has 2 unspecified atom stereocenters. The lowest BCUT2D eigenvalue weighted by molar-refractivity contribution is -0.137. The van der Waals surface area contributed by atoms with Crippen LogP contribution in [0.1, 0.15) is 12.5 Å². The predicted octanol–water partition coefficient (Wildman–Crippen LogP) is 5.36. The second-order valence-corrected chi connectivity index (χ2v) is 11.2. The summed E-state index contributed by atoms with van der Waals surface area (Å²) < 4.78 is 80.1. The molecule has 1 fully saturated rings. The van der Waals surface area contributed by atoms with E-state index in [0.29, 0.717) is 6.07 Å². The number of alkyl halides is 3. The Bertz CT molecular complexity index is 1630. The molecule has 0 bridgehead atoms. The number of piperazine rings is 1. The zero-order chi connectivity index (χ0) is 29.8. The first kappa shape index (κ1) is 29.3. The summed E-state index contributed by atoms with van der Waals surface area (Å²) in [5.74, 6) is -2.48. The van der Waals surface area contributed by atoms with Crippen LogP contribution < -0.4 is 10.6 Å². The quantitative estimate of drug-likeness (QED) is 0.224. The number of carbonyl (C=O) groups is 1. The summed E-state index contributed by atoms with van der Waals surface area (Å²) in [4.78, 5) is 33.1. The normalized spacial score (nSPS) is 19.4. The fraction of sp³-hybridized carbons (Fsp3) is 0.370. The first-order chi connectivity index (χ1) is 19.3. The second kappa shape index (κ2) is 10.9. The number of benzene rings is 2. The molecule has 5 rings (SSSR count). The van der Waals surface area contributed by atoms with Gasteiger partial charge in [0.2, 0.25) is 5.91 Å². The molecular weight excluding hydrogens is 591 g/mol. The van der Waals surface area contributed by atoms with Gasteiger partial charge < -0.3 is 14.5 Å². The molecule has 1 saturated heterocycles. The molecule has 41 heavy (non-hydrogen) atoms. The minimum Gasteiger partial charge on any atom is -0.379 e. The molecule has 1 amide bonds. The molecular formula is C27H24ClF5N4O3S. The molecule has 3 aromatic rings. The molecule has 14 heteroatoms. The zero-order valence-electron chi connectivity index (χ0n) is 21.9. The number of carbonyl (C=O) groups excluding carboxylic acids is 1. The lowest BCUT2D eigenvalue weighted by Gasteiger charge is -2.40. The zero-order valence-corrected chi connectivity index (χ0v) is 23.5. The maximum atomic E-state index is 15.2. The van der Waals surface area contributed by atoms with Crippen molar-refractivity contribution in [2.24, 2.45) is 0 Å². The Morgan fingerprint density at radius 3 is 2.56 bits per heavy atom. The summed E-state index contributed by atoms with van der Waals surface area (Å²) >= 11 is 6.87. The minimum atomic E-state index is -4.97. The van der Waals surface area contributed by atoms with E-state index in [-0.39, 0.29) is 59.5 Å². The van der Waals surface area contributed by atoms with Crippen molar-refractivity contribution in [3.63, 3.8) is 0 Å². The van der Waals surface area contributed by atoms with Crippen molar-refractivity contribution in [2.45, 2.75) is 36.7 Å². The number of thioether (sulfide) groups is 1. The summed E-state index contributed by atoms with van der Waals surface area (Å²) in [6, 6.07) is 1.70. The molecule has 0 radical (unpaired) electrons.